The van der Waals surface area contributed by atoms with Crippen LogP contribution in [-0.2, 0) is 10.0 Å². The van der Waals surface area contributed by atoms with Crippen LogP contribution in [0.15, 0.2) is 27.6 Å². The molecular formula is C11H17BrN2O3S. The van der Waals surface area contributed by atoms with Gasteiger partial charge in [-0.25, -0.2) is 13.1 Å². The molecule has 0 heterocycles. The lowest BCUT2D eigenvalue weighted by atomic mass is 10.1. The first-order chi connectivity index (χ1) is 8.27. The third-order valence-electron chi connectivity index (χ3n) is 2.76. The van der Waals surface area contributed by atoms with Crippen molar-refractivity contribution >= 4 is 31.6 Å². The number of aliphatic hydroxyl groups is 1. The van der Waals surface area contributed by atoms with Crippen LogP contribution in [0, 0.1) is 5.92 Å². The number of rotatable bonds is 5. The fourth-order valence-corrected chi connectivity index (χ4v) is 2.91. The number of hydrogen-bond donors (Lipinski definition) is 3. The van der Waals surface area contributed by atoms with E-state index in [0.29, 0.717) is 10.2 Å². The molecule has 0 aromatic heterocycles. The fraction of sp³-hybridized carbons (Fsp3) is 0.455. The van der Waals surface area contributed by atoms with Gasteiger partial charge in [0.25, 0.3) is 0 Å². The molecule has 5 nitrogen and oxygen atoms in total. The van der Waals surface area contributed by atoms with Crippen molar-refractivity contribution in [3.8, 4) is 0 Å². The summed E-state index contributed by atoms with van der Waals surface area (Å²) in [6, 6.07) is 4.09. The molecule has 0 spiro atoms. The van der Waals surface area contributed by atoms with E-state index >= 15 is 0 Å². The van der Waals surface area contributed by atoms with Crippen LogP contribution in [0.25, 0.3) is 0 Å². The number of hydrogen-bond acceptors (Lipinski definition) is 4. The van der Waals surface area contributed by atoms with Crippen molar-refractivity contribution in [2.24, 2.45) is 5.92 Å². The number of nitrogens with one attached hydrogen (secondary N) is 1. The Bertz CT molecular complexity index is 519. The maximum absolute atomic E-state index is 12.1. The second-order valence-electron chi connectivity index (χ2n) is 4.25. The van der Waals surface area contributed by atoms with E-state index in [0.717, 1.165) is 0 Å². The SMILES string of the molecule is CC(CO)C(C)NS(=O)(=O)c1ccc(Br)c(N)c1. The summed E-state index contributed by atoms with van der Waals surface area (Å²) in [4.78, 5) is 0.111. The molecule has 0 aliphatic carbocycles. The third kappa shape index (κ3) is 3.68. The molecule has 0 saturated carbocycles. The van der Waals surface area contributed by atoms with Crippen LogP contribution in [0.2, 0.25) is 0 Å². The quantitative estimate of drug-likeness (QED) is 0.707. The van der Waals surface area contributed by atoms with Gasteiger partial charge in [0, 0.05) is 22.8 Å². The predicted molar refractivity (Wildman–Crippen MR) is 74.6 cm³/mol. The summed E-state index contributed by atoms with van der Waals surface area (Å²) in [5.74, 6) is -0.160. The summed E-state index contributed by atoms with van der Waals surface area (Å²) in [5.41, 5.74) is 6.02. The average Bonchev–Trinajstić information content (AvgIpc) is 2.30. The Hall–Kier alpha value is -0.630. The number of anilines is 1. The maximum Gasteiger partial charge on any atom is 0.240 e. The molecule has 0 radical (unpaired) electrons. The van der Waals surface area contributed by atoms with Crippen LogP contribution in [-0.4, -0.2) is 26.2 Å². The molecule has 0 bridgehead atoms. The summed E-state index contributed by atoms with van der Waals surface area (Å²) in [6.07, 6.45) is 0. The number of nitrogens with two attached hydrogens (primary N) is 1. The summed E-state index contributed by atoms with van der Waals surface area (Å²) in [7, 11) is -3.62. The van der Waals surface area contributed by atoms with Crippen LogP contribution < -0.4 is 10.5 Å². The van der Waals surface area contributed by atoms with Gasteiger partial charge in [0.2, 0.25) is 10.0 Å². The second kappa shape index (κ2) is 6.01. The lowest BCUT2D eigenvalue weighted by Crippen LogP contribution is -2.38. The standard InChI is InChI=1S/C11H17BrN2O3S/c1-7(6-15)8(2)14-18(16,17)9-3-4-10(12)11(13)5-9/h3-5,7-8,14-15H,6,13H2,1-2H3. The van der Waals surface area contributed by atoms with E-state index < -0.39 is 10.0 Å². The van der Waals surface area contributed by atoms with Crippen LogP contribution in [0.3, 0.4) is 0 Å². The molecule has 18 heavy (non-hydrogen) atoms. The molecule has 1 rings (SSSR count). The first-order valence-electron chi connectivity index (χ1n) is 5.46. The first-order valence-corrected chi connectivity index (χ1v) is 7.73. The minimum absolute atomic E-state index is 0.0772. The van der Waals surface area contributed by atoms with Gasteiger partial charge >= 0.3 is 0 Å². The van der Waals surface area contributed by atoms with Gasteiger partial charge < -0.3 is 10.8 Å². The van der Waals surface area contributed by atoms with Crippen molar-refractivity contribution in [2.45, 2.75) is 24.8 Å². The van der Waals surface area contributed by atoms with E-state index in [1.165, 1.54) is 12.1 Å². The van der Waals surface area contributed by atoms with Crippen molar-refractivity contribution in [3.05, 3.63) is 22.7 Å². The fourth-order valence-electron chi connectivity index (χ4n) is 1.28. The van der Waals surface area contributed by atoms with E-state index in [2.05, 4.69) is 20.7 Å². The molecule has 7 heteroatoms. The van der Waals surface area contributed by atoms with Gasteiger partial charge in [-0.15, -0.1) is 0 Å². The number of aliphatic hydroxyl groups excluding tert-OH is 1. The molecular weight excluding hydrogens is 320 g/mol. The van der Waals surface area contributed by atoms with Gasteiger partial charge in [-0.2, -0.15) is 0 Å². The molecule has 0 aliphatic rings. The highest BCUT2D eigenvalue weighted by molar-refractivity contribution is 9.10. The zero-order valence-corrected chi connectivity index (χ0v) is 12.6. The van der Waals surface area contributed by atoms with Crippen LogP contribution in [0.1, 0.15) is 13.8 Å². The largest absolute Gasteiger partial charge is 0.398 e. The average molecular weight is 337 g/mol. The molecule has 0 fully saturated rings. The third-order valence-corrected chi connectivity index (χ3v) is 5.04. The van der Waals surface area contributed by atoms with E-state index in [9.17, 15) is 8.42 Å². The Kier molecular flexibility index (Phi) is 5.15. The minimum Gasteiger partial charge on any atom is -0.398 e. The van der Waals surface area contributed by atoms with E-state index in [4.69, 9.17) is 10.8 Å². The normalized spacial score (nSPS) is 15.3. The van der Waals surface area contributed by atoms with E-state index in [1.54, 1.807) is 19.9 Å². The Balaban J connectivity index is 2.96. The summed E-state index contributed by atoms with van der Waals surface area (Å²) >= 11 is 3.21. The number of benzene rings is 1. The molecule has 2 unspecified atom stereocenters. The minimum atomic E-state index is -3.62. The van der Waals surface area contributed by atoms with Gasteiger partial charge in [0.05, 0.1) is 4.90 Å². The van der Waals surface area contributed by atoms with Crippen LogP contribution in [0.4, 0.5) is 5.69 Å². The van der Waals surface area contributed by atoms with Crippen molar-refractivity contribution in [3.63, 3.8) is 0 Å². The molecule has 0 amide bonds. The van der Waals surface area contributed by atoms with Crippen molar-refractivity contribution < 1.29 is 13.5 Å². The lowest BCUT2D eigenvalue weighted by Gasteiger charge is -2.19. The Morgan fingerprint density at radius 1 is 1.44 bits per heavy atom. The molecule has 1 aromatic carbocycles. The Labute approximate surface area is 116 Å². The van der Waals surface area contributed by atoms with Gasteiger partial charge in [-0.1, -0.05) is 6.92 Å². The molecule has 102 valence electrons. The molecule has 1 aromatic rings. The zero-order valence-electron chi connectivity index (χ0n) is 10.2. The topological polar surface area (TPSA) is 92.4 Å². The van der Waals surface area contributed by atoms with Crippen molar-refractivity contribution in [1.82, 2.24) is 4.72 Å². The highest BCUT2D eigenvalue weighted by atomic mass is 79.9. The highest BCUT2D eigenvalue weighted by Crippen LogP contribution is 2.23. The lowest BCUT2D eigenvalue weighted by molar-refractivity contribution is 0.216. The van der Waals surface area contributed by atoms with E-state index in [-0.39, 0.29) is 23.5 Å². The van der Waals surface area contributed by atoms with Crippen molar-refractivity contribution in [1.29, 1.82) is 0 Å². The molecule has 2 atom stereocenters. The number of halogens is 1. The molecule has 4 N–H and O–H groups in total. The van der Waals surface area contributed by atoms with Crippen LogP contribution in [0.5, 0.6) is 0 Å². The number of sulfonamides is 1. The Morgan fingerprint density at radius 2 is 2.06 bits per heavy atom. The summed E-state index contributed by atoms with van der Waals surface area (Å²) in [6.45, 7) is 3.40. The van der Waals surface area contributed by atoms with E-state index in [1.807, 2.05) is 0 Å². The zero-order chi connectivity index (χ0) is 13.9. The summed E-state index contributed by atoms with van der Waals surface area (Å²) < 4.78 is 27.3. The number of nitrogen functional groups attached to an aromatic ring is 1. The van der Waals surface area contributed by atoms with Gasteiger partial charge in [0.1, 0.15) is 0 Å². The molecule has 0 saturated heterocycles. The summed E-state index contributed by atoms with van der Waals surface area (Å²) in [5, 5.41) is 8.99. The van der Waals surface area contributed by atoms with Gasteiger partial charge in [-0.3, -0.25) is 0 Å². The molecule has 0 aliphatic heterocycles. The maximum atomic E-state index is 12.1. The monoisotopic (exact) mass is 336 g/mol. The smallest absolute Gasteiger partial charge is 0.240 e. The predicted octanol–water partition coefficient (Wildman–Crippen LogP) is 1.33. The van der Waals surface area contributed by atoms with Gasteiger partial charge in [-0.05, 0) is 47.0 Å². The van der Waals surface area contributed by atoms with Gasteiger partial charge in [0.15, 0.2) is 0 Å². The highest BCUT2D eigenvalue weighted by Gasteiger charge is 2.21. The van der Waals surface area contributed by atoms with Crippen LogP contribution >= 0.6 is 15.9 Å². The first kappa shape index (κ1) is 15.4. The van der Waals surface area contributed by atoms with Crippen molar-refractivity contribution in [2.75, 3.05) is 12.3 Å². The Morgan fingerprint density at radius 3 is 2.56 bits per heavy atom. The second-order valence-corrected chi connectivity index (χ2v) is 6.82.